The molecule has 0 unspecified atom stereocenters. The van der Waals surface area contributed by atoms with Crippen LogP contribution in [0.3, 0.4) is 0 Å². The molecule has 1 amide bonds. The Bertz CT molecular complexity index is 522. The van der Waals surface area contributed by atoms with Crippen molar-refractivity contribution in [2.24, 2.45) is 0 Å². The summed E-state index contributed by atoms with van der Waals surface area (Å²) >= 11 is 0. The minimum atomic E-state index is -0.181. The first kappa shape index (κ1) is 13.8. The molecule has 0 saturated heterocycles. The van der Waals surface area contributed by atoms with Crippen LogP contribution >= 0.6 is 0 Å². The zero-order valence-electron chi connectivity index (χ0n) is 11.6. The molecule has 5 heteroatoms. The van der Waals surface area contributed by atoms with E-state index in [1.165, 1.54) is 4.68 Å². The van der Waals surface area contributed by atoms with Gasteiger partial charge in [-0.15, -0.1) is 0 Å². The fraction of sp³-hybridized carbons (Fsp3) is 0.643. The van der Waals surface area contributed by atoms with Crippen LogP contribution in [-0.2, 0) is 24.2 Å². The monoisotopic (exact) mass is 263 g/mol. The number of carbonyl (C=O) groups is 1. The van der Waals surface area contributed by atoms with E-state index in [1.807, 2.05) is 13.8 Å². The summed E-state index contributed by atoms with van der Waals surface area (Å²) in [5.74, 6) is -0.153. The van der Waals surface area contributed by atoms with Crippen molar-refractivity contribution in [2.75, 3.05) is 0 Å². The van der Waals surface area contributed by atoms with Crippen molar-refractivity contribution in [2.45, 2.75) is 58.5 Å². The van der Waals surface area contributed by atoms with E-state index >= 15 is 0 Å². The maximum atomic E-state index is 11.9. The SMILES string of the molecule is CC[C@H](C)NC(=O)Cn1nc2c(cc1=O)CCCC2. The fourth-order valence-corrected chi connectivity index (χ4v) is 2.27. The highest BCUT2D eigenvalue weighted by molar-refractivity contribution is 5.75. The molecule has 0 aliphatic heterocycles. The van der Waals surface area contributed by atoms with Gasteiger partial charge in [-0.3, -0.25) is 9.59 Å². The lowest BCUT2D eigenvalue weighted by atomic mass is 9.97. The van der Waals surface area contributed by atoms with E-state index in [4.69, 9.17) is 0 Å². The molecule has 0 spiro atoms. The maximum absolute atomic E-state index is 11.9. The van der Waals surface area contributed by atoms with E-state index < -0.39 is 0 Å². The summed E-state index contributed by atoms with van der Waals surface area (Å²) in [5.41, 5.74) is 1.84. The first-order chi connectivity index (χ1) is 9.10. The van der Waals surface area contributed by atoms with Gasteiger partial charge in [0.05, 0.1) is 5.69 Å². The molecular weight excluding hydrogens is 242 g/mol. The molecule has 2 rings (SSSR count). The lowest BCUT2D eigenvalue weighted by molar-refractivity contribution is -0.122. The predicted molar refractivity (Wildman–Crippen MR) is 73.0 cm³/mol. The molecule has 1 N–H and O–H groups in total. The maximum Gasteiger partial charge on any atom is 0.267 e. The number of amides is 1. The number of aryl methyl sites for hydroxylation is 2. The van der Waals surface area contributed by atoms with Crippen molar-refractivity contribution in [3.05, 3.63) is 27.7 Å². The molecule has 1 aromatic heterocycles. The highest BCUT2D eigenvalue weighted by atomic mass is 16.2. The number of hydrogen-bond acceptors (Lipinski definition) is 3. The van der Waals surface area contributed by atoms with E-state index in [-0.39, 0.29) is 24.1 Å². The van der Waals surface area contributed by atoms with Gasteiger partial charge in [0.2, 0.25) is 5.91 Å². The molecule has 1 heterocycles. The molecule has 0 saturated carbocycles. The molecule has 1 aliphatic rings. The van der Waals surface area contributed by atoms with Crippen molar-refractivity contribution in [1.82, 2.24) is 15.1 Å². The van der Waals surface area contributed by atoms with Gasteiger partial charge in [0.1, 0.15) is 6.54 Å². The van der Waals surface area contributed by atoms with Crippen molar-refractivity contribution >= 4 is 5.91 Å². The van der Waals surface area contributed by atoms with Gasteiger partial charge in [-0.25, -0.2) is 4.68 Å². The average Bonchev–Trinajstić information content (AvgIpc) is 2.39. The van der Waals surface area contributed by atoms with E-state index in [1.54, 1.807) is 6.07 Å². The summed E-state index contributed by atoms with van der Waals surface area (Å²) in [4.78, 5) is 23.7. The van der Waals surface area contributed by atoms with Gasteiger partial charge in [0.25, 0.3) is 5.56 Å². The summed E-state index contributed by atoms with van der Waals surface area (Å²) < 4.78 is 1.28. The second-order valence-electron chi connectivity index (χ2n) is 5.20. The zero-order valence-corrected chi connectivity index (χ0v) is 11.6. The Balaban J connectivity index is 2.12. The van der Waals surface area contributed by atoms with Crippen LogP contribution in [0.5, 0.6) is 0 Å². The van der Waals surface area contributed by atoms with E-state index in [9.17, 15) is 9.59 Å². The zero-order chi connectivity index (χ0) is 13.8. The van der Waals surface area contributed by atoms with Crippen LogP contribution in [0.2, 0.25) is 0 Å². The van der Waals surface area contributed by atoms with E-state index in [0.717, 1.165) is 43.4 Å². The molecule has 0 bridgehead atoms. The van der Waals surface area contributed by atoms with Crippen molar-refractivity contribution < 1.29 is 4.79 Å². The van der Waals surface area contributed by atoms with Gasteiger partial charge < -0.3 is 5.32 Å². The van der Waals surface area contributed by atoms with Crippen molar-refractivity contribution in [3.63, 3.8) is 0 Å². The predicted octanol–water partition coefficient (Wildman–Crippen LogP) is 1.04. The molecular formula is C14H21N3O2. The molecule has 1 aromatic rings. The quantitative estimate of drug-likeness (QED) is 0.882. The van der Waals surface area contributed by atoms with Crippen LogP contribution < -0.4 is 10.9 Å². The number of aromatic nitrogens is 2. The molecule has 1 aliphatic carbocycles. The number of hydrogen-bond donors (Lipinski definition) is 1. The summed E-state index contributed by atoms with van der Waals surface area (Å²) in [5, 5.41) is 7.18. The van der Waals surface area contributed by atoms with Crippen LogP contribution in [0.15, 0.2) is 10.9 Å². The molecule has 0 fully saturated rings. The minimum Gasteiger partial charge on any atom is -0.352 e. The Hall–Kier alpha value is -1.65. The van der Waals surface area contributed by atoms with Gasteiger partial charge in [0, 0.05) is 12.1 Å². The van der Waals surface area contributed by atoms with Crippen LogP contribution in [0.4, 0.5) is 0 Å². The number of fused-ring (bicyclic) bond motifs is 1. The Morgan fingerprint density at radius 1 is 1.47 bits per heavy atom. The van der Waals surface area contributed by atoms with Gasteiger partial charge in [-0.2, -0.15) is 5.10 Å². The number of nitrogens with zero attached hydrogens (tertiary/aromatic N) is 2. The number of carbonyl (C=O) groups excluding carboxylic acids is 1. The highest BCUT2D eigenvalue weighted by Crippen LogP contribution is 2.16. The van der Waals surface area contributed by atoms with Gasteiger partial charge in [0.15, 0.2) is 0 Å². The van der Waals surface area contributed by atoms with Crippen LogP contribution in [0.25, 0.3) is 0 Å². The van der Waals surface area contributed by atoms with Gasteiger partial charge in [-0.1, -0.05) is 6.92 Å². The smallest absolute Gasteiger partial charge is 0.267 e. The minimum absolute atomic E-state index is 0.0104. The van der Waals surface area contributed by atoms with Gasteiger partial charge in [-0.05, 0) is 44.6 Å². The molecule has 5 nitrogen and oxygen atoms in total. The molecule has 0 aromatic carbocycles. The Morgan fingerprint density at radius 3 is 2.95 bits per heavy atom. The number of rotatable bonds is 4. The van der Waals surface area contributed by atoms with Crippen LogP contribution in [-0.4, -0.2) is 21.7 Å². The molecule has 0 radical (unpaired) electrons. The lowest BCUT2D eigenvalue weighted by Crippen LogP contribution is -2.38. The topological polar surface area (TPSA) is 64.0 Å². The number of nitrogens with one attached hydrogen (secondary N) is 1. The standard InChI is InChI=1S/C14H21N3O2/c1-3-10(2)15-13(18)9-17-14(19)8-11-6-4-5-7-12(11)16-17/h8,10H,3-7,9H2,1-2H3,(H,15,18)/t10-/m0/s1. The first-order valence-electron chi connectivity index (χ1n) is 6.99. The van der Waals surface area contributed by atoms with Crippen molar-refractivity contribution in [1.29, 1.82) is 0 Å². The Labute approximate surface area is 113 Å². The fourth-order valence-electron chi connectivity index (χ4n) is 2.27. The first-order valence-corrected chi connectivity index (χ1v) is 6.99. The van der Waals surface area contributed by atoms with Crippen LogP contribution in [0, 0.1) is 0 Å². The largest absolute Gasteiger partial charge is 0.352 e. The van der Waals surface area contributed by atoms with E-state index in [0.29, 0.717) is 0 Å². The summed E-state index contributed by atoms with van der Waals surface area (Å²) in [6.07, 6.45) is 4.93. The molecule has 19 heavy (non-hydrogen) atoms. The Morgan fingerprint density at radius 2 is 2.21 bits per heavy atom. The third kappa shape index (κ3) is 3.43. The summed E-state index contributed by atoms with van der Waals surface area (Å²) in [7, 11) is 0. The third-order valence-corrected chi connectivity index (χ3v) is 3.59. The van der Waals surface area contributed by atoms with Crippen molar-refractivity contribution in [3.8, 4) is 0 Å². The van der Waals surface area contributed by atoms with E-state index in [2.05, 4.69) is 10.4 Å². The summed E-state index contributed by atoms with van der Waals surface area (Å²) in [6.45, 7) is 3.96. The summed E-state index contributed by atoms with van der Waals surface area (Å²) in [6, 6.07) is 1.76. The second kappa shape index (κ2) is 5.99. The molecule has 1 atom stereocenters. The second-order valence-corrected chi connectivity index (χ2v) is 5.20. The van der Waals surface area contributed by atoms with Crippen LogP contribution in [0.1, 0.15) is 44.4 Å². The normalized spacial score (nSPS) is 15.7. The Kier molecular flexibility index (Phi) is 4.35. The molecule has 104 valence electrons. The highest BCUT2D eigenvalue weighted by Gasteiger charge is 2.15. The van der Waals surface area contributed by atoms with Gasteiger partial charge >= 0.3 is 0 Å². The lowest BCUT2D eigenvalue weighted by Gasteiger charge is -2.16. The average molecular weight is 263 g/mol. The third-order valence-electron chi connectivity index (χ3n) is 3.59.